The molecule has 1 aliphatic carbocycles. The van der Waals surface area contributed by atoms with Gasteiger partial charge in [0.15, 0.2) is 0 Å². The fourth-order valence-electron chi connectivity index (χ4n) is 3.28. The van der Waals surface area contributed by atoms with Crippen molar-refractivity contribution in [1.29, 1.82) is 0 Å². The number of anilines is 1. The van der Waals surface area contributed by atoms with Gasteiger partial charge in [-0.1, -0.05) is 23.2 Å². The molecule has 3 rings (SSSR count). The van der Waals surface area contributed by atoms with E-state index < -0.39 is 47.1 Å². The van der Waals surface area contributed by atoms with Gasteiger partial charge < -0.3 is 10.6 Å². The van der Waals surface area contributed by atoms with E-state index in [1.807, 2.05) is 0 Å². The molecule has 13 heteroatoms. The molecule has 4 nitrogen and oxygen atoms in total. The minimum Gasteiger partial charge on any atom is -0.343 e. The number of hydrogen-bond donors (Lipinski definition) is 2. The molecule has 1 fully saturated rings. The summed E-state index contributed by atoms with van der Waals surface area (Å²) in [6.07, 6.45) is -7.42. The van der Waals surface area contributed by atoms with Gasteiger partial charge in [0.25, 0.3) is 12.3 Å². The first-order valence-electron chi connectivity index (χ1n) is 9.12. The van der Waals surface area contributed by atoms with Crippen LogP contribution in [0.4, 0.5) is 27.6 Å². The van der Waals surface area contributed by atoms with Gasteiger partial charge in [-0.3, -0.25) is 9.59 Å². The van der Waals surface area contributed by atoms with Crippen LogP contribution in [0.15, 0.2) is 36.4 Å². The van der Waals surface area contributed by atoms with Gasteiger partial charge in [-0.05, 0) is 42.0 Å². The second-order valence-electron chi connectivity index (χ2n) is 7.23. The van der Waals surface area contributed by atoms with Gasteiger partial charge in [0.2, 0.25) is 5.91 Å². The van der Waals surface area contributed by atoms with E-state index in [-0.39, 0.29) is 32.4 Å². The molecule has 178 valence electrons. The van der Waals surface area contributed by atoms with Crippen LogP contribution in [0.25, 0.3) is 0 Å². The van der Waals surface area contributed by atoms with Gasteiger partial charge in [0.05, 0.1) is 16.5 Å². The van der Waals surface area contributed by atoms with E-state index in [1.54, 1.807) is 5.32 Å². The van der Waals surface area contributed by atoms with Crippen LogP contribution in [0.1, 0.15) is 33.8 Å². The first-order valence-corrected chi connectivity index (χ1v) is 10.6. The lowest BCUT2D eigenvalue weighted by molar-refractivity contribution is -0.123. The van der Waals surface area contributed by atoms with Crippen molar-refractivity contribution in [3.63, 3.8) is 0 Å². The molecule has 0 spiro atoms. The summed E-state index contributed by atoms with van der Waals surface area (Å²) in [4.78, 5) is 24.8. The largest absolute Gasteiger partial charge is 0.405 e. The number of hydrogen-bond acceptors (Lipinski definition) is 2. The van der Waals surface area contributed by atoms with Crippen molar-refractivity contribution < 1.29 is 31.5 Å². The smallest absolute Gasteiger partial charge is 0.343 e. The Morgan fingerprint density at radius 1 is 1.06 bits per heavy atom. The van der Waals surface area contributed by atoms with Gasteiger partial charge in [0, 0.05) is 22.2 Å². The average molecular weight is 550 g/mol. The lowest BCUT2D eigenvalue weighted by atomic mass is 10.1. The van der Waals surface area contributed by atoms with Crippen molar-refractivity contribution in [2.24, 2.45) is 5.92 Å². The topological polar surface area (TPSA) is 58.2 Å². The highest BCUT2D eigenvalue weighted by Crippen LogP contribution is 2.65. The van der Waals surface area contributed by atoms with Crippen LogP contribution in [0.5, 0.6) is 0 Å². The highest BCUT2D eigenvalue weighted by molar-refractivity contribution is 6.53. The zero-order valence-electron chi connectivity index (χ0n) is 16.1. The molecule has 2 aromatic carbocycles. The maximum absolute atomic E-state index is 13.1. The molecule has 2 N–H and O–H groups in total. The van der Waals surface area contributed by atoms with Crippen LogP contribution < -0.4 is 10.6 Å². The minimum absolute atomic E-state index is 0.0187. The first-order chi connectivity index (χ1) is 15.2. The van der Waals surface area contributed by atoms with Crippen LogP contribution in [0.3, 0.4) is 0 Å². The summed E-state index contributed by atoms with van der Waals surface area (Å²) >= 11 is 24.2. The van der Waals surface area contributed by atoms with Crippen LogP contribution in [0.2, 0.25) is 10.0 Å². The Hall–Kier alpha value is -1.81. The Labute approximate surface area is 204 Å². The molecule has 0 unspecified atom stereocenters. The van der Waals surface area contributed by atoms with Crippen molar-refractivity contribution in [2.45, 2.75) is 22.9 Å². The predicted molar refractivity (Wildman–Crippen MR) is 116 cm³/mol. The summed E-state index contributed by atoms with van der Waals surface area (Å²) in [5, 5.41) is 4.02. The molecule has 33 heavy (non-hydrogen) atoms. The Balaban J connectivity index is 1.77. The number of benzene rings is 2. The molecule has 0 aliphatic heterocycles. The van der Waals surface area contributed by atoms with E-state index >= 15 is 0 Å². The standard InChI is InChI=1S/C20H13Cl4F5N2O2/c21-10-4-8(3-9(5-10)16(25)26)14-15(20(14,23)24)18(33)31-11-1-2-13(22)12(6-11)17(32)30-7-19(27,28)29/h1-6,14-16H,7H2,(H,30,32)(H,31,33)/t14-,15+/m0/s1. The quantitative estimate of drug-likeness (QED) is 0.309. The molecule has 1 aliphatic rings. The number of amides is 2. The van der Waals surface area contributed by atoms with Crippen molar-refractivity contribution in [1.82, 2.24) is 5.32 Å². The van der Waals surface area contributed by atoms with Crippen LogP contribution in [-0.4, -0.2) is 28.9 Å². The Morgan fingerprint density at radius 3 is 2.33 bits per heavy atom. The maximum Gasteiger partial charge on any atom is 0.405 e. The molecule has 0 bridgehead atoms. The summed E-state index contributed by atoms with van der Waals surface area (Å²) in [6.45, 7) is -1.57. The summed E-state index contributed by atoms with van der Waals surface area (Å²) < 4.78 is 61.6. The predicted octanol–water partition coefficient (Wildman–Crippen LogP) is 6.75. The second kappa shape index (κ2) is 9.44. The number of rotatable bonds is 6. The van der Waals surface area contributed by atoms with E-state index in [4.69, 9.17) is 46.4 Å². The van der Waals surface area contributed by atoms with Gasteiger partial charge in [-0.15, -0.1) is 23.2 Å². The number of alkyl halides is 7. The number of nitrogens with one attached hydrogen (secondary N) is 2. The normalized spacial score (nSPS) is 19.3. The maximum atomic E-state index is 13.1. The Morgan fingerprint density at radius 2 is 1.73 bits per heavy atom. The number of carbonyl (C=O) groups excluding carboxylic acids is 2. The zero-order valence-corrected chi connectivity index (χ0v) is 19.1. The van der Waals surface area contributed by atoms with Crippen molar-refractivity contribution in [2.75, 3.05) is 11.9 Å². The van der Waals surface area contributed by atoms with Crippen LogP contribution >= 0.6 is 46.4 Å². The van der Waals surface area contributed by atoms with Gasteiger partial charge in [-0.25, -0.2) is 8.78 Å². The van der Waals surface area contributed by atoms with Crippen molar-refractivity contribution in [3.8, 4) is 0 Å². The van der Waals surface area contributed by atoms with Gasteiger partial charge >= 0.3 is 6.18 Å². The van der Waals surface area contributed by atoms with E-state index in [9.17, 15) is 31.5 Å². The van der Waals surface area contributed by atoms with Crippen LogP contribution in [0, 0.1) is 5.92 Å². The lowest BCUT2D eigenvalue weighted by Crippen LogP contribution is -2.33. The first kappa shape index (κ1) is 25.8. The number of halogens is 9. The minimum atomic E-state index is -4.62. The zero-order chi connectivity index (χ0) is 24.7. The SMILES string of the molecule is O=C(NCC(F)(F)F)c1cc(NC(=O)[C@H]2[C@H](c3cc(Cl)cc(C(F)F)c3)C2(Cl)Cl)ccc1Cl. The van der Waals surface area contributed by atoms with Crippen molar-refractivity contribution in [3.05, 3.63) is 63.1 Å². The third-order valence-electron chi connectivity index (χ3n) is 4.82. The molecule has 0 aromatic heterocycles. The fourth-order valence-corrected chi connectivity index (χ4v) is 4.57. The van der Waals surface area contributed by atoms with Crippen LogP contribution in [-0.2, 0) is 4.79 Å². The molecule has 2 amide bonds. The Bertz CT molecular complexity index is 1090. The molecule has 0 saturated heterocycles. The molecule has 0 radical (unpaired) electrons. The lowest BCUT2D eigenvalue weighted by Gasteiger charge is -2.11. The van der Waals surface area contributed by atoms with E-state index in [2.05, 4.69) is 5.32 Å². The molecule has 0 heterocycles. The molecule has 1 saturated carbocycles. The van der Waals surface area contributed by atoms with E-state index in [0.717, 1.165) is 18.2 Å². The fraction of sp³-hybridized carbons (Fsp3) is 0.300. The third-order valence-corrected chi connectivity index (χ3v) is 6.31. The van der Waals surface area contributed by atoms with E-state index in [1.165, 1.54) is 18.2 Å². The molecular weight excluding hydrogens is 537 g/mol. The van der Waals surface area contributed by atoms with Crippen molar-refractivity contribution >= 4 is 63.9 Å². The highest BCUT2D eigenvalue weighted by Gasteiger charge is 2.67. The second-order valence-corrected chi connectivity index (χ2v) is 9.52. The monoisotopic (exact) mass is 548 g/mol. The van der Waals surface area contributed by atoms with Gasteiger partial charge in [0.1, 0.15) is 10.9 Å². The summed E-state index contributed by atoms with van der Waals surface area (Å²) in [5.41, 5.74) is -0.382. The molecular formula is C20H13Cl4F5N2O2. The molecule has 2 atom stereocenters. The average Bonchev–Trinajstić information content (AvgIpc) is 3.28. The summed E-state index contributed by atoms with van der Waals surface area (Å²) in [5.74, 6) is -3.70. The van der Waals surface area contributed by atoms with Gasteiger partial charge in [-0.2, -0.15) is 13.2 Å². The van der Waals surface area contributed by atoms with E-state index in [0.29, 0.717) is 0 Å². The Kier molecular flexibility index (Phi) is 7.39. The molecule has 2 aromatic rings. The highest BCUT2D eigenvalue weighted by atomic mass is 35.5. The summed E-state index contributed by atoms with van der Waals surface area (Å²) in [7, 11) is 0. The summed E-state index contributed by atoms with van der Waals surface area (Å²) in [6, 6.07) is 7.22. The number of carbonyl (C=O) groups is 2. The third kappa shape index (κ3) is 6.01.